The maximum absolute atomic E-state index is 11.8. The molecule has 2 aromatic rings. The van der Waals surface area contributed by atoms with Crippen molar-refractivity contribution in [2.24, 2.45) is 5.92 Å². The first-order chi connectivity index (χ1) is 11.3. The molecule has 1 fully saturated rings. The van der Waals surface area contributed by atoms with Crippen molar-refractivity contribution in [1.82, 2.24) is 25.5 Å². The molecule has 0 saturated carbocycles. The van der Waals surface area contributed by atoms with Crippen molar-refractivity contribution in [2.45, 2.75) is 25.7 Å². The fraction of sp³-hybridized carbons (Fsp3) is 0.500. The maximum Gasteiger partial charge on any atom is 0.269 e. The fourth-order valence-electron chi connectivity index (χ4n) is 3.23. The molecule has 0 radical (unpaired) electrons. The smallest absolute Gasteiger partial charge is 0.269 e. The minimum absolute atomic E-state index is 0.102. The zero-order valence-corrected chi connectivity index (χ0v) is 13.0. The van der Waals surface area contributed by atoms with Gasteiger partial charge in [-0.2, -0.15) is 5.10 Å². The van der Waals surface area contributed by atoms with E-state index in [1.807, 2.05) is 0 Å². The number of carbonyl (C=O) groups is 1. The summed E-state index contributed by atoms with van der Waals surface area (Å²) in [5.41, 5.74) is 3.03. The van der Waals surface area contributed by atoms with E-state index in [4.69, 9.17) is 0 Å². The molecular weight excluding hydrogens is 292 g/mol. The van der Waals surface area contributed by atoms with Crippen LogP contribution < -0.4 is 10.2 Å². The van der Waals surface area contributed by atoms with Crippen LogP contribution in [0.5, 0.6) is 0 Å². The van der Waals surface area contributed by atoms with Crippen molar-refractivity contribution in [3.63, 3.8) is 0 Å². The van der Waals surface area contributed by atoms with Crippen LogP contribution in [-0.4, -0.2) is 45.7 Å². The molecule has 3 heterocycles. The third kappa shape index (κ3) is 2.91. The summed E-state index contributed by atoms with van der Waals surface area (Å²) in [6.07, 6.45) is 7.70. The number of H-pyrrole nitrogens is 1. The standard InChI is InChI=1S/C16H20N6O/c23-16(14-7-17-10-19-14)18-6-11-8-22(9-11)15-5-12-3-1-2-4-13(12)20-21-15/h5,7,10-11H,1-4,6,8-9H2,(H,17,19)(H,18,23). The third-order valence-electron chi connectivity index (χ3n) is 4.63. The molecule has 0 atom stereocenters. The van der Waals surface area contributed by atoms with Gasteiger partial charge in [0.25, 0.3) is 5.91 Å². The van der Waals surface area contributed by atoms with Crippen LogP contribution in [0.25, 0.3) is 0 Å². The summed E-state index contributed by atoms with van der Waals surface area (Å²) in [6, 6.07) is 2.20. The highest BCUT2D eigenvalue weighted by atomic mass is 16.1. The Morgan fingerprint density at radius 2 is 2.17 bits per heavy atom. The molecular formula is C16H20N6O. The van der Waals surface area contributed by atoms with E-state index in [2.05, 4.69) is 36.4 Å². The molecule has 2 aromatic heterocycles. The highest BCUT2D eigenvalue weighted by molar-refractivity contribution is 5.91. The second kappa shape index (κ2) is 5.98. The molecule has 4 rings (SSSR count). The Labute approximate surface area is 134 Å². The summed E-state index contributed by atoms with van der Waals surface area (Å²) >= 11 is 0. The van der Waals surface area contributed by atoms with Gasteiger partial charge in [0.05, 0.1) is 18.2 Å². The Morgan fingerprint density at radius 1 is 1.30 bits per heavy atom. The average Bonchev–Trinajstić information content (AvgIpc) is 3.07. The van der Waals surface area contributed by atoms with Crippen LogP contribution in [-0.2, 0) is 12.8 Å². The second-order valence-electron chi connectivity index (χ2n) is 6.33. The molecule has 1 aliphatic carbocycles. The third-order valence-corrected chi connectivity index (χ3v) is 4.63. The lowest BCUT2D eigenvalue weighted by Gasteiger charge is -2.40. The van der Waals surface area contributed by atoms with Gasteiger partial charge in [0.2, 0.25) is 0 Å². The summed E-state index contributed by atoms with van der Waals surface area (Å²) in [5.74, 6) is 1.33. The van der Waals surface area contributed by atoms with E-state index in [0.29, 0.717) is 18.2 Å². The maximum atomic E-state index is 11.8. The summed E-state index contributed by atoms with van der Waals surface area (Å²) in [6.45, 7) is 2.50. The van der Waals surface area contributed by atoms with Crippen molar-refractivity contribution >= 4 is 11.7 Å². The van der Waals surface area contributed by atoms with E-state index >= 15 is 0 Å². The number of nitrogens with one attached hydrogen (secondary N) is 2. The van der Waals surface area contributed by atoms with E-state index in [0.717, 1.165) is 31.7 Å². The van der Waals surface area contributed by atoms with Crippen LogP contribution >= 0.6 is 0 Å². The zero-order valence-electron chi connectivity index (χ0n) is 13.0. The molecule has 23 heavy (non-hydrogen) atoms. The SMILES string of the molecule is O=C(NCC1CN(c2cc3c(nn2)CCCC3)C1)c1cnc[nH]1. The lowest BCUT2D eigenvalue weighted by molar-refractivity contribution is 0.0940. The van der Waals surface area contributed by atoms with Crippen molar-refractivity contribution in [3.05, 3.63) is 35.5 Å². The zero-order chi connectivity index (χ0) is 15.6. The molecule has 7 heteroatoms. The molecule has 0 bridgehead atoms. The Hall–Kier alpha value is -2.44. The van der Waals surface area contributed by atoms with E-state index in [-0.39, 0.29) is 5.91 Å². The number of anilines is 1. The minimum atomic E-state index is -0.102. The number of amides is 1. The van der Waals surface area contributed by atoms with E-state index in [1.165, 1.54) is 36.6 Å². The van der Waals surface area contributed by atoms with E-state index < -0.39 is 0 Å². The van der Waals surface area contributed by atoms with Gasteiger partial charge < -0.3 is 15.2 Å². The number of aromatic nitrogens is 4. The molecule has 0 spiro atoms. The second-order valence-corrected chi connectivity index (χ2v) is 6.33. The number of aromatic amines is 1. The first kappa shape index (κ1) is 14.2. The number of hydrogen-bond donors (Lipinski definition) is 2. The molecule has 0 unspecified atom stereocenters. The van der Waals surface area contributed by atoms with Crippen LogP contribution in [0.2, 0.25) is 0 Å². The monoisotopic (exact) mass is 312 g/mol. The predicted molar refractivity (Wildman–Crippen MR) is 85.3 cm³/mol. The molecule has 2 N–H and O–H groups in total. The average molecular weight is 312 g/mol. The Balaban J connectivity index is 1.29. The van der Waals surface area contributed by atoms with Gasteiger partial charge in [-0.25, -0.2) is 4.98 Å². The number of nitrogens with zero attached hydrogens (tertiary/aromatic N) is 4. The molecule has 120 valence electrons. The Bertz CT molecular complexity index is 693. The van der Waals surface area contributed by atoms with Gasteiger partial charge in [0.15, 0.2) is 5.82 Å². The molecule has 1 amide bonds. The van der Waals surface area contributed by atoms with Gasteiger partial charge in [-0.15, -0.1) is 5.10 Å². The number of carbonyl (C=O) groups excluding carboxylic acids is 1. The molecule has 1 aliphatic heterocycles. The van der Waals surface area contributed by atoms with Crippen LogP contribution in [0, 0.1) is 5.92 Å². The van der Waals surface area contributed by atoms with E-state index in [9.17, 15) is 4.79 Å². The van der Waals surface area contributed by atoms with Crippen molar-refractivity contribution in [1.29, 1.82) is 0 Å². The van der Waals surface area contributed by atoms with Gasteiger partial charge in [-0.3, -0.25) is 4.79 Å². The normalized spacial score (nSPS) is 17.5. The van der Waals surface area contributed by atoms with Gasteiger partial charge in [0, 0.05) is 25.6 Å². The summed E-state index contributed by atoms with van der Waals surface area (Å²) < 4.78 is 0. The highest BCUT2D eigenvalue weighted by Gasteiger charge is 2.29. The molecule has 2 aliphatic rings. The van der Waals surface area contributed by atoms with Crippen LogP contribution in [0.15, 0.2) is 18.6 Å². The van der Waals surface area contributed by atoms with Crippen LogP contribution in [0.1, 0.15) is 34.6 Å². The van der Waals surface area contributed by atoms with Crippen LogP contribution in [0.3, 0.4) is 0 Å². The Kier molecular flexibility index (Phi) is 3.69. The number of rotatable bonds is 4. The molecule has 7 nitrogen and oxygen atoms in total. The van der Waals surface area contributed by atoms with Gasteiger partial charge >= 0.3 is 0 Å². The van der Waals surface area contributed by atoms with Crippen LogP contribution in [0.4, 0.5) is 5.82 Å². The lowest BCUT2D eigenvalue weighted by Crippen LogP contribution is -2.52. The first-order valence-electron chi connectivity index (χ1n) is 8.16. The van der Waals surface area contributed by atoms with Gasteiger partial charge in [-0.1, -0.05) is 0 Å². The number of hydrogen-bond acceptors (Lipinski definition) is 5. The summed E-state index contributed by atoms with van der Waals surface area (Å²) in [7, 11) is 0. The largest absolute Gasteiger partial charge is 0.354 e. The highest BCUT2D eigenvalue weighted by Crippen LogP contribution is 2.26. The Morgan fingerprint density at radius 3 is 3.00 bits per heavy atom. The molecule has 0 aromatic carbocycles. The van der Waals surface area contributed by atoms with E-state index in [1.54, 1.807) is 0 Å². The topological polar surface area (TPSA) is 86.8 Å². The lowest BCUT2D eigenvalue weighted by atomic mass is 9.95. The molecule has 1 saturated heterocycles. The van der Waals surface area contributed by atoms with Gasteiger partial charge in [0.1, 0.15) is 5.69 Å². The number of aryl methyl sites for hydroxylation is 2. The number of imidazole rings is 1. The van der Waals surface area contributed by atoms with Gasteiger partial charge in [-0.05, 0) is 37.3 Å². The minimum Gasteiger partial charge on any atom is -0.354 e. The first-order valence-corrected chi connectivity index (χ1v) is 8.16. The predicted octanol–water partition coefficient (Wildman–Crippen LogP) is 0.945. The summed E-state index contributed by atoms with van der Waals surface area (Å²) in [5, 5.41) is 11.7. The summed E-state index contributed by atoms with van der Waals surface area (Å²) in [4.78, 5) is 20.7. The van der Waals surface area contributed by atoms with Crippen molar-refractivity contribution < 1.29 is 4.79 Å². The van der Waals surface area contributed by atoms with Crippen molar-refractivity contribution in [2.75, 3.05) is 24.5 Å². The quantitative estimate of drug-likeness (QED) is 0.877. The fourth-order valence-corrected chi connectivity index (χ4v) is 3.23. The number of fused-ring (bicyclic) bond motifs is 1. The van der Waals surface area contributed by atoms with Crippen molar-refractivity contribution in [3.8, 4) is 0 Å².